The topological polar surface area (TPSA) is 80.0 Å². The lowest BCUT2D eigenvalue weighted by Crippen LogP contribution is -2.29. The van der Waals surface area contributed by atoms with Gasteiger partial charge >= 0.3 is 6.03 Å². The van der Waals surface area contributed by atoms with Gasteiger partial charge in [0.2, 0.25) is 11.7 Å². The van der Waals surface area contributed by atoms with Gasteiger partial charge in [-0.25, -0.2) is 9.18 Å². The molecule has 2 aromatic carbocycles. The quantitative estimate of drug-likeness (QED) is 0.644. The largest absolute Gasteiger partial charge is 0.339 e. The van der Waals surface area contributed by atoms with E-state index in [4.69, 9.17) is 16.1 Å². The summed E-state index contributed by atoms with van der Waals surface area (Å²) in [5.41, 5.74) is 1.67. The monoisotopic (exact) mass is 388 g/mol. The van der Waals surface area contributed by atoms with Gasteiger partial charge in [-0.3, -0.25) is 0 Å². The molecule has 0 saturated carbocycles. The molecule has 1 heterocycles. The number of nitrogens with zero attached hydrogens (tertiary/aromatic N) is 2. The summed E-state index contributed by atoms with van der Waals surface area (Å²) in [6.45, 7) is 2.59. The molecule has 3 aromatic rings. The summed E-state index contributed by atoms with van der Waals surface area (Å²) in [5.74, 6) is 0.219. The minimum absolute atomic E-state index is 0.107. The second-order valence-electron chi connectivity index (χ2n) is 5.85. The first-order valence-corrected chi connectivity index (χ1v) is 8.85. The maximum absolute atomic E-state index is 13.9. The van der Waals surface area contributed by atoms with E-state index in [1.807, 2.05) is 6.92 Å². The number of amides is 2. The fourth-order valence-electron chi connectivity index (χ4n) is 2.41. The van der Waals surface area contributed by atoms with E-state index >= 15 is 0 Å². The van der Waals surface area contributed by atoms with Gasteiger partial charge in [0.25, 0.3) is 0 Å². The van der Waals surface area contributed by atoms with Crippen molar-refractivity contribution in [2.24, 2.45) is 0 Å². The number of carbonyl (C=O) groups excluding carboxylic acids is 1. The first kappa shape index (κ1) is 18.8. The van der Waals surface area contributed by atoms with Crippen LogP contribution < -0.4 is 10.6 Å². The SMILES string of the molecule is CCCNC(=O)Nc1ccc(-c2noc(Cc3c(F)cccc3Cl)n2)cc1. The zero-order chi connectivity index (χ0) is 19.2. The molecule has 27 heavy (non-hydrogen) atoms. The highest BCUT2D eigenvalue weighted by atomic mass is 35.5. The van der Waals surface area contributed by atoms with E-state index in [1.54, 1.807) is 36.4 Å². The van der Waals surface area contributed by atoms with Crippen LogP contribution in [-0.2, 0) is 6.42 Å². The fraction of sp³-hybridized carbons (Fsp3) is 0.211. The van der Waals surface area contributed by atoms with Gasteiger partial charge in [-0.2, -0.15) is 4.98 Å². The van der Waals surface area contributed by atoms with Crippen LogP contribution >= 0.6 is 11.6 Å². The Morgan fingerprint density at radius 1 is 1.22 bits per heavy atom. The third-order valence-corrected chi connectivity index (χ3v) is 4.15. The lowest BCUT2D eigenvalue weighted by molar-refractivity contribution is 0.252. The van der Waals surface area contributed by atoms with Crippen molar-refractivity contribution in [3.63, 3.8) is 0 Å². The van der Waals surface area contributed by atoms with E-state index in [1.165, 1.54) is 6.07 Å². The van der Waals surface area contributed by atoms with Gasteiger partial charge in [-0.1, -0.05) is 29.7 Å². The second kappa shape index (κ2) is 8.64. The second-order valence-corrected chi connectivity index (χ2v) is 6.25. The van der Waals surface area contributed by atoms with Gasteiger partial charge in [-0.05, 0) is 42.8 Å². The Hall–Kier alpha value is -2.93. The molecule has 2 amide bonds. The number of rotatable bonds is 6. The summed E-state index contributed by atoms with van der Waals surface area (Å²) in [4.78, 5) is 15.9. The molecule has 1 aromatic heterocycles. The molecular weight excluding hydrogens is 371 g/mol. The molecule has 8 heteroatoms. The zero-order valence-electron chi connectivity index (χ0n) is 14.6. The molecule has 0 aliphatic rings. The number of nitrogens with one attached hydrogen (secondary N) is 2. The summed E-state index contributed by atoms with van der Waals surface area (Å²) in [5, 5.41) is 9.70. The first-order chi connectivity index (χ1) is 13.1. The van der Waals surface area contributed by atoms with Crippen molar-refractivity contribution in [3.05, 3.63) is 64.8 Å². The fourth-order valence-corrected chi connectivity index (χ4v) is 2.64. The number of hydrogen-bond donors (Lipinski definition) is 2. The van der Waals surface area contributed by atoms with Crippen LogP contribution in [0.3, 0.4) is 0 Å². The van der Waals surface area contributed by atoms with Crippen LogP contribution in [0.2, 0.25) is 5.02 Å². The summed E-state index contributed by atoms with van der Waals surface area (Å²) < 4.78 is 19.1. The molecule has 0 unspecified atom stereocenters. The van der Waals surface area contributed by atoms with Gasteiger partial charge in [-0.15, -0.1) is 0 Å². The van der Waals surface area contributed by atoms with Crippen molar-refractivity contribution in [3.8, 4) is 11.4 Å². The summed E-state index contributed by atoms with van der Waals surface area (Å²) in [6.07, 6.45) is 0.973. The molecule has 0 bridgehead atoms. The molecule has 140 valence electrons. The first-order valence-electron chi connectivity index (χ1n) is 8.47. The molecule has 0 spiro atoms. The Kier molecular flexibility index (Phi) is 6.03. The van der Waals surface area contributed by atoms with E-state index < -0.39 is 5.82 Å². The number of urea groups is 1. The lowest BCUT2D eigenvalue weighted by atomic mass is 10.1. The van der Waals surface area contributed by atoms with Crippen LogP contribution in [0.25, 0.3) is 11.4 Å². The van der Waals surface area contributed by atoms with Crippen LogP contribution in [0.1, 0.15) is 24.8 Å². The smallest absolute Gasteiger partial charge is 0.319 e. The molecule has 0 atom stereocenters. The van der Waals surface area contributed by atoms with Gasteiger partial charge < -0.3 is 15.2 Å². The molecule has 0 saturated heterocycles. The van der Waals surface area contributed by atoms with Crippen molar-refractivity contribution in [2.75, 3.05) is 11.9 Å². The third-order valence-electron chi connectivity index (χ3n) is 3.79. The Morgan fingerprint density at radius 2 is 2.00 bits per heavy atom. The minimum Gasteiger partial charge on any atom is -0.339 e. The van der Waals surface area contributed by atoms with Crippen LogP contribution in [0.15, 0.2) is 47.0 Å². The number of hydrogen-bond acceptors (Lipinski definition) is 4. The number of aromatic nitrogens is 2. The maximum Gasteiger partial charge on any atom is 0.319 e. The highest BCUT2D eigenvalue weighted by molar-refractivity contribution is 6.31. The van der Waals surface area contributed by atoms with Crippen molar-refractivity contribution >= 4 is 23.3 Å². The Bertz CT molecular complexity index is 907. The average Bonchev–Trinajstić information content (AvgIpc) is 3.12. The number of carbonyl (C=O) groups is 1. The summed E-state index contributed by atoms with van der Waals surface area (Å²) in [7, 11) is 0. The molecule has 0 aliphatic carbocycles. The molecule has 0 aliphatic heterocycles. The molecule has 2 N–H and O–H groups in total. The predicted molar refractivity (Wildman–Crippen MR) is 101 cm³/mol. The van der Waals surface area contributed by atoms with Crippen LogP contribution in [0.5, 0.6) is 0 Å². The molecule has 0 fully saturated rings. The van der Waals surface area contributed by atoms with Crippen molar-refractivity contribution in [2.45, 2.75) is 19.8 Å². The standard InChI is InChI=1S/C19H18ClFN4O2/c1-2-10-22-19(26)23-13-8-6-12(7-9-13)18-24-17(27-25-18)11-14-15(20)4-3-5-16(14)21/h3-9H,2,10-11H2,1H3,(H2,22,23,26). The van der Waals surface area contributed by atoms with Crippen LogP contribution in [0.4, 0.5) is 14.9 Å². The highest BCUT2D eigenvalue weighted by Crippen LogP contribution is 2.23. The van der Waals surface area contributed by atoms with Gasteiger partial charge in [0, 0.05) is 28.4 Å². The predicted octanol–water partition coefficient (Wildman–Crippen LogP) is 4.65. The van der Waals surface area contributed by atoms with E-state index in [9.17, 15) is 9.18 Å². The van der Waals surface area contributed by atoms with Crippen molar-refractivity contribution in [1.82, 2.24) is 15.5 Å². The van der Waals surface area contributed by atoms with Crippen molar-refractivity contribution < 1.29 is 13.7 Å². The lowest BCUT2D eigenvalue weighted by Gasteiger charge is -2.06. The molecule has 6 nitrogen and oxygen atoms in total. The zero-order valence-corrected chi connectivity index (χ0v) is 15.4. The van der Waals surface area contributed by atoms with E-state index in [2.05, 4.69) is 20.8 Å². The number of anilines is 1. The molecule has 0 radical (unpaired) electrons. The van der Waals surface area contributed by atoms with E-state index in [-0.39, 0.29) is 18.3 Å². The molecule has 3 rings (SSSR count). The van der Waals surface area contributed by atoms with Gasteiger partial charge in [0.15, 0.2) is 0 Å². The van der Waals surface area contributed by atoms with Crippen molar-refractivity contribution in [1.29, 1.82) is 0 Å². The van der Waals surface area contributed by atoms with Gasteiger partial charge in [0.1, 0.15) is 5.82 Å². The minimum atomic E-state index is -0.418. The average molecular weight is 389 g/mol. The Morgan fingerprint density at radius 3 is 2.70 bits per heavy atom. The van der Waals surface area contributed by atoms with E-state index in [0.29, 0.717) is 34.2 Å². The number of benzene rings is 2. The third kappa shape index (κ3) is 4.83. The summed E-state index contributed by atoms with van der Waals surface area (Å²) in [6, 6.07) is 11.2. The summed E-state index contributed by atoms with van der Waals surface area (Å²) >= 11 is 6.02. The Labute approximate surface area is 160 Å². The van der Waals surface area contributed by atoms with E-state index in [0.717, 1.165) is 6.42 Å². The number of halogens is 2. The van der Waals surface area contributed by atoms with Crippen LogP contribution in [0, 0.1) is 5.82 Å². The molecular formula is C19H18ClFN4O2. The highest BCUT2D eigenvalue weighted by Gasteiger charge is 2.14. The Balaban J connectivity index is 1.68. The van der Waals surface area contributed by atoms with Gasteiger partial charge in [0.05, 0.1) is 6.42 Å². The van der Waals surface area contributed by atoms with Crippen LogP contribution in [-0.4, -0.2) is 22.7 Å². The normalized spacial score (nSPS) is 10.6. The maximum atomic E-state index is 13.9.